The standard InChI is InChI=1S/C15H10Cl2NO4P/c16-10-3-1-9(2-4-10)13-7-5-11-12(17)6-8-14(15(11)18-13)22-23(19,20)21/h1-8H,(H2,19,20,21). The Labute approximate surface area is 141 Å². The van der Waals surface area contributed by atoms with Crippen molar-refractivity contribution in [1.82, 2.24) is 4.98 Å². The van der Waals surface area contributed by atoms with Crippen LogP contribution in [0.15, 0.2) is 48.5 Å². The van der Waals surface area contributed by atoms with Crippen LogP contribution in [-0.2, 0) is 4.57 Å². The van der Waals surface area contributed by atoms with Crippen LogP contribution in [0, 0.1) is 0 Å². The van der Waals surface area contributed by atoms with Crippen molar-refractivity contribution in [1.29, 1.82) is 0 Å². The quantitative estimate of drug-likeness (QED) is 0.655. The van der Waals surface area contributed by atoms with E-state index in [2.05, 4.69) is 4.98 Å². The van der Waals surface area contributed by atoms with Gasteiger partial charge in [-0.05, 0) is 36.4 Å². The van der Waals surface area contributed by atoms with Crippen molar-refractivity contribution in [3.63, 3.8) is 0 Å². The van der Waals surface area contributed by atoms with E-state index in [0.717, 1.165) is 5.56 Å². The van der Waals surface area contributed by atoms with Gasteiger partial charge in [-0.1, -0.05) is 35.3 Å². The van der Waals surface area contributed by atoms with Gasteiger partial charge in [-0.2, -0.15) is 0 Å². The Morgan fingerprint density at radius 1 is 0.957 bits per heavy atom. The van der Waals surface area contributed by atoms with Gasteiger partial charge in [0.1, 0.15) is 5.52 Å². The minimum absolute atomic E-state index is 0.0338. The van der Waals surface area contributed by atoms with Gasteiger partial charge in [0.25, 0.3) is 0 Å². The number of phosphoric ester groups is 1. The second kappa shape index (κ2) is 6.11. The van der Waals surface area contributed by atoms with Gasteiger partial charge in [-0.25, -0.2) is 9.55 Å². The van der Waals surface area contributed by atoms with Crippen LogP contribution >= 0.6 is 31.0 Å². The van der Waals surface area contributed by atoms with Gasteiger partial charge in [0, 0.05) is 16.0 Å². The van der Waals surface area contributed by atoms with Crippen LogP contribution in [0.2, 0.25) is 10.0 Å². The number of hydrogen-bond acceptors (Lipinski definition) is 3. The molecule has 0 fully saturated rings. The predicted molar refractivity (Wildman–Crippen MR) is 89.9 cm³/mol. The minimum atomic E-state index is -4.70. The maximum atomic E-state index is 11.1. The summed E-state index contributed by atoms with van der Waals surface area (Å²) in [5.74, 6) is -0.0338. The van der Waals surface area contributed by atoms with Crippen LogP contribution in [-0.4, -0.2) is 14.8 Å². The molecule has 0 saturated heterocycles. The topological polar surface area (TPSA) is 79.7 Å². The number of nitrogens with zero attached hydrogens (tertiary/aromatic N) is 1. The molecule has 0 radical (unpaired) electrons. The lowest BCUT2D eigenvalue weighted by Gasteiger charge is -2.11. The van der Waals surface area contributed by atoms with E-state index in [9.17, 15) is 4.57 Å². The molecule has 5 nitrogen and oxygen atoms in total. The van der Waals surface area contributed by atoms with Gasteiger partial charge in [-0.3, -0.25) is 9.79 Å². The molecule has 0 amide bonds. The molecule has 1 aromatic heterocycles. The zero-order chi connectivity index (χ0) is 16.6. The van der Waals surface area contributed by atoms with Crippen LogP contribution in [0.4, 0.5) is 0 Å². The van der Waals surface area contributed by atoms with Gasteiger partial charge in [0.05, 0.1) is 10.7 Å². The molecule has 118 valence electrons. The predicted octanol–water partition coefficient (Wildman–Crippen LogP) is 4.68. The number of rotatable bonds is 3. The number of phosphoric acid groups is 1. The van der Waals surface area contributed by atoms with Crippen molar-refractivity contribution < 1.29 is 18.9 Å². The molecule has 2 aromatic carbocycles. The molecule has 3 rings (SSSR count). The number of halogens is 2. The van der Waals surface area contributed by atoms with Crippen LogP contribution in [0.3, 0.4) is 0 Å². The fourth-order valence-corrected chi connectivity index (χ4v) is 2.89. The summed E-state index contributed by atoms with van der Waals surface area (Å²) in [6, 6.07) is 13.4. The van der Waals surface area contributed by atoms with Crippen LogP contribution < -0.4 is 4.52 Å². The largest absolute Gasteiger partial charge is 0.524 e. The summed E-state index contributed by atoms with van der Waals surface area (Å²) in [6.45, 7) is 0. The summed E-state index contributed by atoms with van der Waals surface area (Å²) in [4.78, 5) is 22.5. The van der Waals surface area contributed by atoms with Crippen molar-refractivity contribution in [2.24, 2.45) is 0 Å². The Morgan fingerprint density at radius 2 is 1.65 bits per heavy atom. The van der Waals surface area contributed by atoms with E-state index in [4.69, 9.17) is 37.5 Å². The lowest BCUT2D eigenvalue weighted by Crippen LogP contribution is -1.94. The first-order chi connectivity index (χ1) is 10.8. The second-order valence-corrected chi connectivity index (χ2v) is 6.73. The molecule has 0 bridgehead atoms. The molecule has 2 N–H and O–H groups in total. The van der Waals surface area contributed by atoms with E-state index in [-0.39, 0.29) is 11.3 Å². The number of pyridine rings is 1. The summed E-state index contributed by atoms with van der Waals surface area (Å²) < 4.78 is 15.8. The highest BCUT2D eigenvalue weighted by molar-refractivity contribution is 7.46. The first kappa shape index (κ1) is 16.2. The Bertz CT molecular complexity index is 925. The SMILES string of the molecule is O=P(O)(O)Oc1ccc(Cl)c2ccc(-c3ccc(Cl)cc3)nc12. The average Bonchev–Trinajstić information content (AvgIpc) is 2.49. The molecule has 0 aliphatic rings. The molecule has 0 atom stereocenters. The highest BCUT2D eigenvalue weighted by atomic mass is 35.5. The number of benzene rings is 2. The van der Waals surface area contributed by atoms with Gasteiger partial charge in [0.2, 0.25) is 0 Å². The molecule has 0 aliphatic heterocycles. The normalized spacial score (nSPS) is 11.7. The van der Waals surface area contributed by atoms with E-state index in [1.807, 2.05) is 0 Å². The second-order valence-electron chi connectivity index (χ2n) is 4.73. The summed E-state index contributed by atoms with van der Waals surface area (Å²) in [5, 5.41) is 1.55. The summed E-state index contributed by atoms with van der Waals surface area (Å²) >= 11 is 12.0. The molecule has 0 spiro atoms. The molecule has 8 heteroatoms. The Balaban J connectivity index is 2.18. The Kier molecular flexibility index (Phi) is 4.32. The van der Waals surface area contributed by atoms with Crippen molar-refractivity contribution in [2.45, 2.75) is 0 Å². The van der Waals surface area contributed by atoms with Crippen molar-refractivity contribution in [2.75, 3.05) is 0 Å². The number of aromatic nitrogens is 1. The monoisotopic (exact) mass is 369 g/mol. The summed E-state index contributed by atoms with van der Waals surface area (Å²) in [5.41, 5.74) is 1.68. The van der Waals surface area contributed by atoms with E-state index < -0.39 is 7.82 Å². The van der Waals surface area contributed by atoms with E-state index in [0.29, 0.717) is 21.1 Å². The highest BCUT2D eigenvalue weighted by Gasteiger charge is 2.19. The Hall–Kier alpha value is -1.62. The molecule has 0 saturated carbocycles. The van der Waals surface area contributed by atoms with Gasteiger partial charge in [-0.15, -0.1) is 0 Å². The molecule has 0 unspecified atom stereocenters. The highest BCUT2D eigenvalue weighted by Crippen LogP contribution is 2.42. The molecule has 3 aromatic rings. The first-order valence-electron chi connectivity index (χ1n) is 6.44. The summed E-state index contributed by atoms with van der Waals surface area (Å²) in [7, 11) is -4.70. The fraction of sp³-hybridized carbons (Fsp3) is 0. The van der Waals surface area contributed by atoms with Crippen molar-refractivity contribution >= 4 is 41.9 Å². The number of hydrogen-bond donors (Lipinski definition) is 2. The summed E-state index contributed by atoms with van der Waals surface area (Å²) in [6.07, 6.45) is 0. The number of fused-ring (bicyclic) bond motifs is 1. The molecule has 0 aliphatic carbocycles. The van der Waals surface area contributed by atoms with Crippen LogP contribution in [0.1, 0.15) is 0 Å². The molecule has 23 heavy (non-hydrogen) atoms. The molecular formula is C15H10Cl2NO4P. The third-order valence-electron chi connectivity index (χ3n) is 3.12. The van der Waals surface area contributed by atoms with E-state index >= 15 is 0 Å². The van der Waals surface area contributed by atoms with Crippen molar-refractivity contribution in [3.05, 3.63) is 58.6 Å². The van der Waals surface area contributed by atoms with Gasteiger partial charge < -0.3 is 4.52 Å². The third-order valence-corrected chi connectivity index (χ3v) is 4.14. The van der Waals surface area contributed by atoms with E-state index in [1.165, 1.54) is 12.1 Å². The maximum absolute atomic E-state index is 11.1. The van der Waals surface area contributed by atoms with Crippen LogP contribution in [0.5, 0.6) is 5.75 Å². The minimum Gasteiger partial charge on any atom is -0.402 e. The fourth-order valence-electron chi connectivity index (χ4n) is 2.14. The molecular weight excluding hydrogens is 360 g/mol. The van der Waals surface area contributed by atoms with Gasteiger partial charge >= 0.3 is 7.82 Å². The smallest absolute Gasteiger partial charge is 0.402 e. The zero-order valence-electron chi connectivity index (χ0n) is 11.5. The lowest BCUT2D eigenvalue weighted by molar-refractivity contribution is 0.284. The maximum Gasteiger partial charge on any atom is 0.524 e. The lowest BCUT2D eigenvalue weighted by atomic mass is 10.1. The Morgan fingerprint density at radius 3 is 2.30 bits per heavy atom. The van der Waals surface area contributed by atoms with E-state index in [1.54, 1.807) is 36.4 Å². The van der Waals surface area contributed by atoms with Gasteiger partial charge in [0.15, 0.2) is 5.75 Å². The third kappa shape index (κ3) is 3.66. The first-order valence-corrected chi connectivity index (χ1v) is 8.72. The zero-order valence-corrected chi connectivity index (χ0v) is 13.9. The molecule has 1 heterocycles. The average molecular weight is 370 g/mol. The van der Waals surface area contributed by atoms with Crippen molar-refractivity contribution in [3.8, 4) is 17.0 Å². The van der Waals surface area contributed by atoms with Crippen LogP contribution in [0.25, 0.3) is 22.2 Å².